The molecular formula is C68H45N3. The Morgan fingerprint density at radius 3 is 1.18 bits per heavy atom. The highest BCUT2D eigenvalue weighted by Gasteiger charge is 2.24. The Balaban J connectivity index is 1.03. The summed E-state index contributed by atoms with van der Waals surface area (Å²) < 4.78 is 4.82. The van der Waals surface area contributed by atoms with Gasteiger partial charge in [-0.2, -0.15) is 0 Å². The van der Waals surface area contributed by atoms with Gasteiger partial charge in [0.15, 0.2) is 0 Å². The molecule has 12 aromatic carbocycles. The highest BCUT2D eigenvalue weighted by Crippen LogP contribution is 2.47. The van der Waals surface area contributed by atoms with E-state index in [4.69, 9.17) is 0 Å². The van der Waals surface area contributed by atoms with E-state index < -0.39 is 0 Å². The van der Waals surface area contributed by atoms with Crippen molar-refractivity contribution in [3.63, 3.8) is 0 Å². The molecule has 0 radical (unpaired) electrons. The maximum atomic E-state index is 2.47. The molecular weight excluding hydrogens is 859 g/mol. The van der Waals surface area contributed by atoms with Crippen LogP contribution in [0.2, 0.25) is 0 Å². The molecule has 3 heteroatoms. The zero-order valence-electron chi connectivity index (χ0n) is 38.8. The zero-order chi connectivity index (χ0) is 46.8. The third-order valence-electron chi connectivity index (χ3n) is 14.5. The van der Waals surface area contributed by atoms with Gasteiger partial charge in [-0.25, -0.2) is 0 Å². The van der Waals surface area contributed by atoms with E-state index in [1.807, 2.05) is 0 Å². The first-order chi connectivity index (χ1) is 35.2. The molecule has 0 aliphatic carbocycles. The van der Waals surface area contributed by atoms with Crippen LogP contribution in [-0.2, 0) is 0 Å². The predicted molar refractivity (Wildman–Crippen MR) is 301 cm³/mol. The van der Waals surface area contributed by atoms with Crippen LogP contribution in [0.25, 0.3) is 110 Å². The quantitative estimate of drug-likeness (QED) is 0.148. The van der Waals surface area contributed by atoms with Gasteiger partial charge in [-0.15, -0.1) is 0 Å². The van der Waals surface area contributed by atoms with Crippen LogP contribution in [0.15, 0.2) is 273 Å². The first kappa shape index (κ1) is 40.6. The summed E-state index contributed by atoms with van der Waals surface area (Å²) in [5.41, 5.74) is 17.2. The second-order valence-electron chi connectivity index (χ2n) is 18.5. The van der Waals surface area contributed by atoms with Crippen LogP contribution in [-0.4, -0.2) is 9.13 Å². The largest absolute Gasteiger partial charge is 0.310 e. The van der Waals surface area contributed by atoms with Crippen molar-refractivity contribution < 1.29 is 0 Å². The number of benzene rings is 12. The fourth-order valence-electron chi connectivity index (χ4n) is 11.0. The highest BCUT2D eigenvalue weighted by molar-refractivity contribution is 6.15. The van der Waals surface area contributed by atoms with E-state index in [2.05, 4.69) is 287 Å². The average molecular weight is 904 g/mol. The average Bonchev–Trinajstić information content (AvgIpc) is 3.95. The smallest absolute Gasteiger partial charge is 0.0562 e. The minimum atomic E-state index is 1.07. The molecule has 0 spiro atoms. The van der Waals surface area contributed by atoms with Crippen LogP contribution in [0.3, 0.4) is 0 Å². The van der Waals surface area contributed by atoms with Crippen molar-refractivity contribution in [2.75, 3.05) is 4.90 Å². The fourth-order valence-corrected chi connectivity index (χ4v) is 11.0. The van der Waals surface area contributed by atoms with Crippen molar-refractivity contribution in [2.45, 2.75) is 0 Å². The first-order valence-corrected chi connectivity index (χ1v) is 24.4. The van der Waals surface area contributed by atoms with Crippen molar-refractivity contribution in [3.8, 4) is 44.8 Å². The number of aromatic nitrogens is 2. The monoisotopic (exact) mass is 903 g/mol. The number of hydrogen-bond acceptors (Lipinski definition) is 1. The van der Waals surface area contributed by atoms with Gasteiger partial charge in [0.1, 0.15) is 0 Å². The Morgan fingerprint density at radius 1 is 0.239 bits per heavy atom. The molecule has 71 heavy (non-hydrogen) atoms. The summed E-state index contributed by atoms with van der Waals surface area (Å²) in [6.07, 6.45) is 0. The Bertz CT molecular complexity index is 4190. The maximum Gasteiger partial charge on any atom is 0.0562 e. The number of fused-ring (bicyclic) bond motifs is 8. The minimum absolute atomic E-state index is 1.07. The summed E-state index contributed by atoms with van der Waals surface area (Å²) >= 11 is 0. The lowest BCUT2D eigenvalue weighted by molar-refractivity contribution is 1.18. The van der Waals surface area contributed by atoms with Crippen LogP contribution in [0.5, 0.6) is 0 Å². The molecule has 0 unspecified atom stereocenters. The summed E-state index contributed by atoms with van der Waals surface area (Å²) in [6, 6.07) is 100. The van der Waals surface area contributed by atoms with Crippen molar-refractivity contribution in [3.05, 3.63) is 273 Å². The molecule has 14 rings (SSSR count). The molecule has 0 aliphatic rings. The van der Waals surface area contributed by atoms with Gasteiger partial charge < -0.3 is 14.0 Å². The van der Waals surface area contributed by atoms with Gasteiger partial charge in [-0.05, 0) is 146 Å². The molecule has 2 heterocycles. The van der Waals surface area contributed by atoms with Gasteiger partial charge in [-0.1, -0.05) is 176 Å². The molecule has 0 saturated heterocycles. The fraction of sp³-hybridized carbons (Fsp3) is 0. The van der Waals surface area contributed by atoms with Gasteiger partial charge >= 0.3 is 0 Å². The number of nitrogens with zero attached hydrogens (tertiary/aromatic N) is 3. The minimum Gasteiger partial charge on any atom is -0.310 e. The van der Waals surface area contributed by atoms with Gasteiger partial charge in [0.05, 0.1) is 27.8 Å². The molecule has 0 saturated carbocycles. The van der Waals surface area contributed by atoms with Crippen LogP contribution < -0.4 is 4.90 Å². The molecule has 0 amide bonds. The van der Waals surface area contributed by atoms with E-state index in [-0.39, 0.29) is 0 Å². The van der Waals surface area contributed by atoms with E-state index in [0.717, 1.165) is 45.1 Å². The summed E-state index contributed by atoms with van der Waals surface area (Å²) in [5, 5.41) is 9.80. The number of para-hydroxylation sites is 4. The molecule has 0 aliphatic heterocycles. The van der Waals surface area contributed by atoms with E-state index in [0.29, 0.717) is 0 Å². The van der Waals surface area contributed by atoms with Crippen LogP contribution >= 0.6 is 0 Å². The van der Waals surface area contributed by atoms with E-state index in [1.165, 1.54) is 81.9 Å². The third-order valence-corrected chi connectivity index (χ3v) is 14.5. The molecule has 3 nitrogen and oxygen atoms in total. The van der Waals surface area contributed by atoms with Crippen molar-refractivity contribution in [1.29, 1.82) is 0 Å². The van der Waals surface area contributed by atoms with E-state index in [1.54, 1.807) is 0 Å². The Hall–Kier alpha value is -9.44. The van der Waals surface area contributed by atoms with E-state index >= 15 is 0 Å². The van der Waals surface area contributed by atoms with Crippen molar-refractivity contribution >= 4 is 82.2 Å². The maximum absolute atomic E-state index is 2.47. The summed E-state index contributed by atoms with van der Waals surface area (Å²) in [7, 11) is 0. The first-order valence-electron chi connectivity index (χ1n) is 24.4. The van der Waals surface area contributed by atoms with Crippen LogP contribution in [0, 0.1) is 0 Å². The van der Waals surface area contributed by atoms with E-state index in [9.17, 15) is 0 Å². The van der Waals surface area contributed by atoms with Crippen LogP contribution in [0.1, 0.15) is 0 Å². The summed E-state index contributed by atoms with van der Waals surface area (Å²) in [6.45, 7) is 0. The summed E-state index contributed by atoms with van der Waals surface area (Å²) in [5.74, 6) is 0. The number of hydrogen-bond donors (Lipinski definition) is 0. The lowest BCUT2D eigenvalue weighted by Gasteiger charge is -2.29. The molecule has 0 atom stereocenters. The van der Waals surface area contributed by atoms with Crippen LogP contribution in [0.4, 0.5) is 17.1 Å². The zero-order valence-corrected chi connectivity index (χ0v) is 38.8. The van der Waals surface area contributed by atoms with Crippen molar-refractivity contribution in [1.82, 2.24) is 9.13 Å². The normalized spacial score (nSPS) is 11.7. The lowest BCUT2D eigenvalue weighted by Crippen LogP contribution is -2.11. The Kier molecular flexibility index (Phi) is 9.53. The lowest BCUT2D eigenvalue weighted by atomic mass is 9.96. The second-order valence-corrected chi connectivity index (χ2v) is 18.5. The molecule has 14 aromatic rings. The Morgan fingerprint density at radius 2 is 0.648 bits per heavy atom. The number of anilines is 3. The second kappa shape index (κ2) is 16.7. The molecule has 332 valence electrons. The topological polar surface area (TPSA) is 13.1 Å². The van der Waals surface area contributed by atoms with Gasteiger partial charge in [0.25, 0.3) is 0 Å². The molecule has 0 N–H and O–H groups in total. The standard InChI is InChI=1S/C68H45N3/c1-3-19-55(20-4-1)70-64-25-13-11-23-59(64)62-43-54(35-40-66(62)70)61-44-63-60-24-12-14-26-65(60)71(56-21-5-2-6-22-56)68(63)45-67(61)69(57-36-31-48(32-37-57)52-29-27-46-15-7-9-17-50(46)41-52)58-38-33-49(34-39-58)53-30-28-47-16-8-10-18-51(47)42-53/h1-45H. The van der Waals surface area contributed by atoms with Gasteiger partial charge in [-0.3, -0.25) is 0 Å². The van der Waals surface area contributed by atoms with Crippen molar-refractivity contribution in [2.24, 2.45) is 0 Å². The molecule has 2 aromatic heterocycles. The SMILES string of the molecule is c1ccc(-n2c3ccccc3c3cc(-c4cc5c6ccccc6n(-c6ccccc6)c5cc4N(c4ccc(-c5ccc6ccccc6c5)cc4)c4ccc(-c5ccc6ccccc6c5)cc4)ccc32)cc1. The summed E-state index contributed by atoms with van der Waals surface area (Å²) in [4.78, 5) is 2.47. The molecule has 0 bridgehead atoms. The molecule has 0 fully saturated rings. The third kappa shape index (κ3) is 6.89. The number of rotatable bonds is 8. The van der Waals surface area contributed by atoms with Gasteiger partial charge in [0, 0.05) is 49.9 Å². The van der Waals surface area contributed by atoms with Gasteiger partial charge in [0.2, 0.25) is 0 Å². The highest BCUT2D eigenvalue weighted by atomic mass is 15.1. The Labute approximate surface area is 412 Å². The predicted octanol–water partition coefficient (Wildman–Crippen LogP) is 18.7.